The Morgan fingerprint density at radius 2 is 1.64 bits per heavy atom. The minimum absolute atomic E-state index is 0.0559. The second-order valence-corrected chi connectivity index (χ2v) is 9.14. The first-order chi connectivity index (χ1) is 12.9. The van der Waals surface area contributed by atoms with Crippen molar-refractivity contribution in [1.29, 1.82) is 0 Å². The van der Waals surface area contributed by atoms with Crippen molar-refractivity contribution in [1.82, 2.24) is 14.7 Å². The molecule has 0 aliphatic carbocycles. The van der Waals surface area contributed by atoms with E-state index >= 15 is 0 Å². The highest BCUT2D eigenvalue weighted by molar-refractivity contribution is 5.78. The summed E-state index contributed by atoms with van der Waals surface area (Å²) >= 11 is 0. The number of nitrogens with zero attached hydrogens (tertiary/aromatic N) is 3. The number of esters is 1. The number of carbonyl (C=O) groups is 3. The van der Waals surface area contributed by atoms with Gasteiger partial charge in [-0.05, 0) is 41.5 Å². The molecule has 2 aliphatic rings. The molecule has 9 heteroatoms. The molecule has 2 aliphatic heterocycles. The molecular formula is C19H33N3O6. The maximum absolute atomic E-state index is 12.5. The topological polar surface area (TPSA) is 88.6 Å². The zero-order valence-electron chi connectivity index (χ0n) is 17.8. The van der Waals surface area contributed by atoms with E-state index < -0.39 is 17.2 Å². The Bertz CT molecular complexity index is 595. The number of urea groups is 1. The van der Waals surface area contributed by atoms with Crippen molar-refractivity contribution in [2.45, 2.75) is 58.8 Å². The summed E-state index contributed by atoms with van der Waals surface area (Å²) in [6, 6.07) is -0.116. The van der Waals surface area contributed by atoms with Crippen LogP contribution in [0.25, 0.3) is 0 Å². The van der Waals surface area contributed by atoms with Crippen molar-refractivity contribution in [3.63, 3.8) is 0 Å². The maximum atomic E-state index is 12.5. The fourth-order valence-electron chi connectivity index (χ4n) is 3.16. The van der Waals surface area contributed by atoms with Crippen LogP contribution in [0.1, 0.15) is 41.5 Å². The van der Waals surface area contributed by atoms with Gasteiger partial charge in [-0.3, -0.25) is 0 Å². The molecule has 0 saturated carbocycles. The second-order valence-electron chi connectivity index (χ2n) is 9.14. The molecule has 28 heavy (non-hydrogen) atoms. The molecule has 0 unspecified atom stereocenters. The van der Waals surface area contributed by atoms with Crippen molar-refractivity contribution in [2.24, 2.45) is 0 Å². The van der Waals surface area contributed by atoms with Crippen LogP contribution in [0.4, 0.5) is 9.59 Å². The number of rotatable bonds is 5. The van der Waals surface area contributed by atoms with E-state index in [0.717, 1.165) is 0 Å². The van der Waals surface area contributed by atoms with Crippen molar-refractivity contribution in [3.8, 4) is 0 Å². The van der Waals surface area contributed by atoms with Gasteiger partial charge in [-0.25, -0.2) is 14.4 Å². The summed E-state index contributed by atoms with van der Waals surface area (Å²) in [5.41, 5.74) is -1.09. The minimum atomic E-state index is -0.547. The van der Waals surface area contributed by atoms with Crippen LogP contribution in [0.2, 0.25) is 0 Å². The van der Waals surface area contributed by atoms with Gasteiger partial charge < -0.3 is 28.9 Å². The average molecular weight is 399 g/mol. The van der Waals surface area contributed by atoms with Crippen LogP contribution in [0.3, 0.4) is 0 Å². The Kier molecular flexibility index (Phi) is 6.80. The molecule has 2 heterocycles. The van der Waals surface area contributed by atoms with Crippen LogP contribution in [0.5, 0.6) is 0 Å². The van der Waals surface area contributed by atoms with E-state index in [0.29, 0.717) is 32.7 Å². The van der Waals surface area contributed by atoms with Gasteiger partial charge in [0.1, 0.15) is 17.8 Å². The molecular weight excluding hydrogens is 366 g/mol. The van der Waals surface area contributed by atoms with Gasteiger partial charge in [0, 0.05) is 32.7 Å². The Morgan fingerprint density at radius 1 is 1.00 bits per heavy atom. The lowest BCUT2D eigenvalue weighted by molar-refractivity contribution is -0.160. The fraction of sp³-hybridized carbons (Fsp3) is 0.842. The van der Waals surface area contributed by atoms with Gasteiger partial charge in [0.05, 0.1) is 12.6 Å². The summed E-state index contributed by atoms with van der Waals surface area (Å²) in [5, 5.41) is 0. The number of hydrogen-bond acceptors (Lipinski definition) is 6. The summed E-state index contributed by atoms with van der Waals surface area (Å²) < 4.78 is 15.9. The zero-order valence-corrected chi connectivity index (χ0v) is 17.8. The molecule has 9 nitrogen and oxygen atoms in total. The number of piperazine rings is 1. The summed E-state index contributed by atoms with van der Waals surface area (Å²) in [7, 11) is 0. The monoisotopic (exact) mass is 399 g/mol. The van der Waals surface area contributed by atoms with Crippen LogP contribution in [-0.2, 0) is 19.0 Å². The molecule has 0 spiro atoms. The number of fused-ring (bicyclic) bond motifs is 1. The Balaban J connectivity index is 1.76. The third-order valence-corrected chi connectivity index (χ3v) is 4.23. The third kappa shape index (κ3) is 6.54. The summed E-state index contributed by atoms with van der Waals surface area (Å²) in [6.07, 6.45) is -0.348. The molecule has 2 saturated heterocycles. The van der Waals surface area contributed by atoms with Gasteiger partial charge >= 0.3 is 18.1 Å². The maximum Gasteiger partial charge on any atom is 0.410 e. The SMILES string of the molecule is CC(C)(C)OC(=O)COCCN1C[C@H]2CN(C(=O)OC(C)(C)C)CCN2C1=O. The van der Waals surface area contributed by atoms with Gasteiger partial charge in [-0.2, -0.15) is 0 Å². The van der Waals surface area contributed by atoms with Crippen LogP contribution in [0, 0.1) is 0 Å². The molecule has 2 fully saturated rings. The number of amides is 3. The highest BCUT2D eigenvalue weighted by atomic mass is 16.6. The van der Waals surface area contributed by atoms with E-state index in [2.05, 4.69) is 0 Å². The Hall–Kier alpha value is -2.03. The third-order valence-electron chi connectivity index (χ3n) is 4.23. The molecule has 3 amide bonds. The number of carbonyl (C=O) groups excluding carboxylic acids is 3. The first kappa shape index (κ1) is 22.3. The molecule has 0 N–H and O–H groups in total. The number of ether oxygens (including phenoxy) is 3. The summed E-state index contributed by atoms with van der Waals surface area (Å²) in [6.45, 7) is 13.3. The Labute approximate surface area is 166 Å². The van der Waals surface area contributed by atoms with Gasteiger partial charge in [0.15, 0.2) is 0 Å². The lowest BCUT2D eigenvalue weighted by atomic mass is 10.2. The molecule has 0 aromatic heterocycles. The second kappa shape index (κ2) is 8.55. The van der Waals surface area contributed by atoms with E-state index in [1.807, 2.05) is 20.8 Å². The van der Waals surface area contributed by atoms with E-state index in [1.165, 1.54) is 0 Å². The number of hydrogen-bond donors (Lipinski definition) is 0. The summed E-state index contributed by atoms with van der Waals surface area (Å²) in [5.74, 6) is -0.425. The molecule has 0 aromatic rings. The van der Waals surface area contributed by atoms with Gasteiger partial charge in [-0.1, -0.05) is 0 Å². The molecule has 160 valence electrons. The predicted molar refractivity (Wildman–Crippen MR) is 102 cm³/mol. The highest BCUT2D eigenvalue weighted by Gasteiger charge is 2.42. The predicted octanol–water partition coefficient (Wildman–Crippen LogP) is 1.70. The van der Waals surface area contributed by atoms with Crippen molar-refractivity contribution in [2.75, 3.05) is 45.9 Å². The lowest BCUT2D eigenvalue weighted by Crippen LogP contribution is -2.54. The zero-order chi connectivity index (χ0) is 21.1. The van der Waals surface area contributed by atoms with E-state index in [1.54, 1.807) is 35.5 Å². The standard InChI is InChI=1S/C19H33N3O6/c1-18(2,3)27-15(23)13-26-10-9-20-11-14-12-21(7-8-22(14)16(20)24)17(25)28-19(4,5)6/h14H,7-13H2,1-6H3/t14-/m0/s1. The smallest absolute Gasteiger partial charge is 0.410 e. The van der Waals surface area contributed by atoms with Crippen molar-refractivity contribution < 1.29 is 28.6 Å². The first-order valence-corrected chi connectivity index (χ1v) is 9.69. The van der Waals surface area contributed by atoms with Crippen LogP contribution < -0.4 is 0 Å². The largest absolute Gasteiger partial charge is 0.458 e. The van der Waals surface area contributed by atoms with Crippen molar-refractivity contribution >= 4 is 18.1 Å². The lowest BCUT2D eigenvalue weighted by Gasteiger charge is -2.37. The van der Waals surface area contributed by atoms with Crippen LogP contribution in [-0.4, -0.2) is 96.0 Å². The van der Waals surface area contributed by atoms with E-state index in [4.69, 9.17) is 14.2 Å². The first-order valence-electron chi connectivity index (χ1n) is 9.69. The molecule has 0 aromatic carbocycles. The van der Waals surface area contributed by atoms with Gasteiger partial charge in [0.25, 0.3) is 0 Å². The van der Waals surface area contributed by atoms with E-state index in [-0.39, 0.29) is 31.4 Å². The quantitative estimate of drug-likeness (QED) is 0.516. The molecule has 0 bridgehead atoms. The fourth-order valence-corrected chi connectivity index (χ4v) is 3.16. The normalized spacial score (nSPS) is 20.3. The van der Waals surface area contributed by atoms with E-state index in [9.17, 15) is 14.4 Å². The molecule has 1 atom stereocenters. The van der Waals surface area contributed by atoms with Gasteiger partial charge in [0.2, 0.25) is 0 Å². The van der Waals surface area contributed by atoms with Crippen molar-refractivity contribution in [3.05, 3.63) is 0 Å². The highest BCUT2D eigenvalue weighted by Crippen LogP contribution is 2.22. The summed E-state index contributed by atoms with van der Waals surface area (Å²) in [4.78, 5) is 41.6. The van der Waals surface area contributed by atoms with Crippen LogP contribution in [0.15, 0.2) is 0 Å². The van der Waals surface area contributed by atoms with Crippen LogP contribution >= 0.6 is 0 Å². The molecule has 2 rings (SSSR count). The van der Waals surface area contributed by atoms with Gasteiger partial charge in [-0.15, -0.1) is 0 Å². The molecule has 0 radical (unpaired) electrons. The Morgan fingerprint density at radius 3 is 2.25 bits per heavy atom. The minimum Gasteiger partial charge on any atom is -0.458 e. The average Bonchev–Trinajstić information content (AvgIpc) is 2.84.